The molecule has 1 aromatic carbocycles. The molecule has 0 bridgehead atoms. The average molecular weight is 376 g/mol. The quantitative estimate of drug-likeness (QED) is 0.858. The molecule has 0 spiro atoms. The van der Waals surface area contributed by atoms with Gasteiger partial charge in [-0.2, -0.15) is 0 Å². The van der Waals surface area contributed by atoms with E-state index >= 15 is 0 Å². The Morgan fingerprint density at radius 3 is 2.76 bits per heavy atom. The van der Waals surface area contributed by atoms with Crippen molar-refractivity contribution >= 4 is 25.8 Å². The van der Waals surface area contributed by atoms with Gasteiger partial charge in [-0.05, 0) is 60.4 Å². The Balaban J connectivity index is 2.31. The number of hydrogen-bond acceptors (Lipinski definition) is 4. The molecule has 0 radical (unpaired) electrons. The lowest BCUT2D eigenvalue weighted by Gasteiger charge is -2.30. The summed E-state index contributed by atoms with van der Waals surface area (Å²) in [4.78, 5) is 0. The van der Waals surface area contributed by atoms with Gasteiger partial charge in [-0.3, -0.25) is 0 Å². The highest BCUT2D eigenvalue weighted by atomic mass is 79.9. The molecule has 2 unspecified atom stereocenters. The zero-order valence-corrected chi connectivity index (χ0v) is 14.8. The highest BCUT2D eigenvalue weighted by molar-refractivity contribution is 9.10. The van der Waals surface area contributed by atoms with E-state index in [0.29, 0.717) is 12.4 Å². The first-order valence-electron chi connectivity index (χ1n) is 7.30. The zero-order chi connectivity index (χ0) is 15.5. The Bertz CT molecular complexity index is 589. The largest absolute Gasteiger partial charge is 0.493 e. The summed E-state index contributed by atoms with van der Waals surface area (Å²) in [6, 6.07) is 5.61. The summed E-state index contributed by atoms with van der Waals surface area (Å²) in [5.41, 5.74) is 0.975. The molecule has 1 N–H and O–H groups in total. The number of halogens is 1. The SMILES string of the molecule is CCOc1ccc(C(NC)C2CCCCS2(=O)=O)cc1Br. The van der Waals surface area contributed by atoms with Crippen molar-refractivity contribution in [2.75, 3.05) is 19.4 Å². The average Bonchev–Trinajstić information content (AvgIpc) is 2.44. The van der Waals surface area contributed by atoms with Gasteiger partial charge < -0.3 is 10.1 Å². The van der Waals surface area contributed by atoms with E-state index in [2.05, 4.69) is 21.2 Å². The van der Waals surface area contributed by atoms with Gasteiger partial charge in [0.1, 0.15) is 5.75 Å². The molecule has 0 saturated carbocycles. The summed E-state index contributed by atoms with van der Waals surface area (Å²) >= 11 is 3.50. The molecule has 0 amide bonds. The summed E-state index contributed by atoms with van der Waals surface area (Å²) < 4.78 is 31.0. The lowest BCUT2D eigenvalue weighted by Crippen LogP contribution is -2.39. The van der Waals surface area contributed by atoms with Crippen LogP contribution in [-0.4, -0.2) is 33.1 Å². The van der Waals surface area contributed by atoms with Crippen molar-refractivity contribution in [2.24, 2.45) is 0 Å². The predicted molar refractivity (Wildman–Crippen MR) is 88.5 cm³/mol. The molecule has 1 aliphatic rings. The van der Waals surface area contributed by atoms with Crippen molar-refractivity contribution in [3.63, 3.8) is 0 Å². The van der Waals surface area contributed by atoms with E-state index in [4.69, 9.17) is 4.74 Å². The van der Waals surface area contributed by atoms with Gasteiger partial charge in [0.15, 0.2) is 9.84 Å². The molecule has 1 fully saturated rings. The van der Waals surface area contributed by atoms with Gasteiger partial charge in [0.25, 0.3) is 0 Å². The predicted octanol–water partition coefficient (Wildman–Crippen LogP) is 3.08. The summed E-state index contributed by atoms with van der Waals surface area (Å²) in [7, 11) is -1.21. The lowest BCUT2D eigenvalue weighted by molar-refractivity contribution is 0.338. The Morgan fingerprint density at radius 2 is 2.19 bits per heavy atom. The van der Waals surface area contributed by atoms with E-state index in [1.54, 1.807) is 0 Å². The third-order valence-electron chi connectivity index (χ3n) is 3.93. The molecule has 1 aliphatic heterocycles. The number of rotatable bonds is 5. The van der Waals surface area contributed by atoms with E-state index < -0.39 is 9.84 Å². The van der Waals surface area contributed by atoms with Crippen molar-refractivity contribution in [1.29, 1.82) is 0 Å². The molecule has 118 valence electrons. The van der Waals surface area contributed by atoms with E-state index in [9.17, 15) is 8.42 Å². The summed E-state index contributed by atoms with van der Waals surface area (Å²) in [5.74, 6) is 1.08. The van der Waals surface area contributed by atoms with E-state index in [0.717, 1.165) is 35.0 Å². The highest BCUT2D eigenvalue weighted by Gasteiger charge is 2.35. The maximum absolute atomic E-state index is 12.3. The van der Waals surface area contributed by atoms with Crippen LogP contribution in [0.2, 0.25) is 0 Å². The van der Waals surface area contributed by atoms with Crippen LogP contribution >= 0.6 is 15.9 Å². The van der Waals surface area contributed by atoms with E-state index in [-0.39, 0.29) is 11.3 Å². The summed E-state index contributed by atoms with van der Waals surface area (Å²) in [6.45, 7) is 2.54. The lowest BCUT2D eigenvalue weighted by atomic mass is 9.99. The van der Waals surface area contributed by atoms with Crippen LogP contribution < -0.4 is 10.1 Å². The topological polar surface area (TPSA) is 55.4 Å². The fourth-order valence-corrected chi connectivity index (χ4v) is 5.56. The van der Waals surface area contributed by atoms with Crippen molar-refractivity contribution < 1.29 is 13.2 Å². The number of sulfone groups is 1. The molecule has 1 aromatic rings. The number of hydrogen-bond donors (Lipinski definition) is 1. The van der Waals surface area contributed by atoms with Gasteiger partial charge in [-0.1, -0.05) is 12.5 Å². The fourth-order valence-electron chi connectivity index (χ4n) is 2.90. The Labute approximate surface area is 135 Å². The van der Waals surface area contributed by atoms with Crippen LogP contribution in [0.15, 0.2) is 22.7 Å². The van der Waals surface area contributed by atoms with E-state index in [1.807, 2.05) is 32.2 Å². The number of nitrogens with one attached hydrogen (secondary N) is 1. The molecule has 2 atom stereocenters. The smallest absolute Gasteiger partial charge is 0.155 e. The molecule has 1 heterocycles. The Hall–Kier alpha value is -0.590. The van der Waals surface area contributed by atoms with Crippen LogP contribution in [0.4, 0.5) is 0 Å². The second kappa shape index (κ2) is 7.11. The molecule has 2 rings (SSSR count). The van der Waals surface area contributed by atoms with Gasteiger partial charge in [0, 0.05) is 6.04 Å². The van der Waals surface area contributed by atoms with Crippen molar-refractivity contribution in [1.82, 2.24) is 5.32 Å². The van der Waals surface area contributed by atoms with E-state index in [1.165, 1.54) is 0 Å². The molecular formula is C15H22BrNO3S. The second-order valence-electron chi connectivity index (χ2n) is 5.29. The highest BCUT2D eigenvalue weighted by Crippen LogP contribution is 2.34. The molecular weight excluding hydrogens is 354 g/mol. The van der Waals surface area contributed by atoms with Crippen LogP contribution in [0.3, 0.4) is 0 Å². The molecule has 4 nitrogen and oxygen atoms in total. The molecule has 6 heteroatoms. The standard InChI is InChI=1S/C15H22BrNO3S/c1-3-20-13-8-7-11(10-12(13)16)15(17-2)14-6-4-5-9-21(14,18)19/h7-8,10,14-15,17H,3-6,9H2,1-2H3. The first kappa shape index (κ1) is 16.8. The normalized spacial score (nSPS) is 22.7. The van der Waals surface area contributed by atoms with Gasteiger partial charge in [0.2, 0.25) is 0 Å². The number of benzene rings is 1. The number of ether oxygens (including phenoxy) is 1. The van der Waals surface area contributed by atoms with Crippen molar-refractivity contribution in [3.05, 3.63) is 28.2 Å². The Morgan fingerprint density at radius 1 is 1.43 bits per heavy atom. The minimum atomic E-state index is -3.03. The van der Waals surface area contributed by atoms with Crippen LogP contribution in [-0.2, 0) is 9.84 Å². The monoisotopic (exact) mass is 375 g/mol. The summed E-state index contributed by atoms with van der Waals surface area (Å²) in [5, 5.41) is 2.84. The van der Waals surface area contributed by atoms with Crippen LogP contribution in [0.1, 0.15) is 37.8 Å². The third kappa shape index (κ3) is 3.79. The van der Waals surface area contributed by atoms with Crippen LogP contribution in [0.5, 0.6) is 5.75 Å². The van der Waals surface area contributed by atoms with Crippen molar-refractivity contribution in [2.45, 2.75) is 37.5 Å². The fraction of sp³-hybridized carbons (Fsp3) is 0.600. The molecule has 0 aliphatic carbocycles. The molecule has 1 saturated heterocycles. The first-order valence-corrected chi connectivity index (χ1v) is 9.81. The minimum Gasteiger partial charge on any atom is -0.493 e. The Kier molecular flexibility index (Phi) is 5.68. The van der Waals surface area contributed by atoms with Crippen LogP contribution in [0, 0.1) is 0 Å². The van der Waals surface area contributed by atoms with Crippen LogP contribution in [0.25, 0.3) is 0 Å². The van der Waals surface area contributed by atoms with Gasteiger partial charge in [0.05, 0.1) is 22.1 Å². The zero-order valence-electron chi connectivity index (χ0n) is 12.4. The minimum absolute atomic E-state index is 0.178. The molecule has 0 aromatic heterocycles. The van der Waals surface area contributed by atoms with Gasteiger partial charge >= 0.3 is 0 Å². The van der Waals surface area contributed by atoms with Gasteiger partial charge in [-0.25, -0.2) is 8.42 Å². The second-order valence-corrected chi connectivity index (χ2v) is 8.48. The summed E-state index contributed by atoms with van der Waals surface area (Å²) in [6.07, 6.45) is 2.47. The maximum atomic E-state index is 12.3. The molecule has 21 heavy (non-hydrogen) atoms. The maximum Gasteiger partial charge on any atom is 0.155 e. The van der Waals surface area contributed by atoms with Gasteiger partial charge in [-0.15, -0.1) is 0 Å². The van der Waals surface area contributed by atoms with Crippen molar-refractivity contribution in [3.8, 4) is 5.75 Å². The third-order valence-corrected chi connectivity index (χ3v) is 6.83. The first-order chi connectivity index (χ1) is 9.99.